The first-order valence-corrected chi connectivity index (χ1v) is 4.29. The van der Waals surface area contributed by atoms with Crippen molar-refractivity contribution in [3.8, 4) is 0 Å². The Morgan fingerprint density at radius 3 is 2.83 bits per heavy atom. The molecule has 3 nitrogen and oxygen atoms in total. The highest BCUT2D eigenvalue weighted by molar-refractivity contribution is 6.22. The third-order valence-corrected chi connectivity index (χ3v) is 2.65. The first kappa shape index (κ1) is 7.80. The molecule has 0 spiro atoms. The number of rotatable bonds is 0. The number of halogens is 1. The molecule has 1 aliphatic heterocycles. The zero-order valence-corrected chi connectivity index (χ0v) is 7.04. The van der Waals surface area contributed by atoms with Crippen molar-refractivity contribution in [2.45, 2.75) is 11.8 Å². The lowest BCUT2D eigenvalue weighted by atomic mass is 9.86. The number of carbonyl (C=O) groups is 2. The number of hydrogen-bond donors (Lipinski definition) is 1. The minimum absolute atomic E-state index is 0.108. The first-order chi connectivity index (χ1) is 5.68. The van der Waals surface area contributed by atoms with Crippen LogP contribution in [0.25, 0.3) is 0 Å². The van der Waals surface area contributed by atoms with E-state index in [0.717, 1.165) is 0 Å². The quantitative estimate of drug-likeness (QED) is 0.338. The number of fused-ring (bicyclic) bond motifs is 1. The molecule has 1 aliphatic carbocycles. The van der Waals surface area contributed by atoms with E-state index in [1.807, 2.05) is 0 Å². The molecule has 2 aliphatic rings. The predicted molar refractivity (Wildman–Crippen MR) is 43.5 cm³/mol. The van der Waals surface area contributed by atoms with E-state index in [2.05, 4.69) is 5.32 Å². The number of carbonyl (C=O) groups excluding carboxylic acids is 2. The molecule has 2 rings (SSSR count). The number of allylic oxidation sites excluding steroid dienone is 1. The summed E-state index contributed by atoms with van der Waals surface area (Å²) in [5, 5.41) is 2.18. The first-order valence-electron chi connectivity index (χ1n) is 3.85. The van der Waals surface area contributed by atoms with Gasteiger partial charge < -0.3 is 0 Å². The number of nitrogens with one attached hydrogen (secondary N) is 1. The predicted octanol–water partition coefficient (Wildman–Crippen LogP) is 0.442. The van der Waals surface area contributed by atoms with E-state index >= 15 is 0 Å². The zero-order valence-electron chi connectivity index (χ0n) is 6.29. The summed E-state index contributed by atoms with van der Waals surface area (Å²) in [5.41, 5.74) is 0. The van der Waals surface area contributed by atoms with Crippen molar-refractivity contribution in [1.82, 2.24) is 5.32 Å². The Hall–Kier alpha value is -0.830. The van der Waals surface area contributed by atoms with Gasteiger partial charge in [0.15, 0.2) is 0 Å². The SMILES string of the molecule is O=C1NC(=O)C2CC(Cl)C=CC12. The normalized spacial score (nSPS) is 39.6. The highest BCUT2D eigenvalue weighted by atomic mass is 35.5. The van der Waals surface area contributed by atoms with E-state index in [-0.39, 0.29) is 29.0 Å². The molecule has 64 valence electrons. The molecule has 0 aromatic carbocycles. The van der Waals surface area contributed by atoms with Gasteiger partial charge in [-0.25, -0.2) is 0 Å². The lowest BCUT2D eigenvalue weighted by Crippen LogP contribution is -2.23. The summed E-state index contributed by atoms with van der Waals surface area (Å²) in [5.74, 6) is -0.873. The number of hydrogen-bond acceptors (Lipinski definition) is 2. The van der Waals surface area contributed by atoms with Crippen molar-refractivity contribution >= 4 is 23.4 Å². The topological polar surface area (TPSA) is 46.2 Å². The van der Waals surface area contributed by atoms with Crippen LogP contribution < -0.4 is 5.32 Å². The molecule has 3 atom stereocenters. The molecule has 3 unspecified atom stereocenters. The minimum Gasteiger partial charge on any atom is -0.296 e. The van der Waals surface area contributed by atoms with Crippen molar-refractivity contribution < 1.29 is 9.59 Å². The van der Waals surface area contributed by atoms with Crippen LogP contribution in [0.5, 0.6) is 0 Å². The Morgan fingerprint density at radius 2 is 2.08 bits per heavy atom. The number of amides is 2. The van der Waals surface area contributed by atoms with Gasteiger partial charge in [0, 0.05) is 0 Å². The van der Waals surface area contributed by atoms with Crippen molar-refractivity contribution in [3.05, 3.63) is 12.2 Å². The van der Waals surface area contributed by atoms with Gasteiger partial charge in [-0.3, -0.25) is 14.9 Å². The summed E-state index contributed by atoms with van der Waals surface area (Å²) in [6, 6.07) is 0. The van der Waals surface area contributed by atoms with Crippen molar-refractivity contribution in [1.29, 1.82) is 0 Å². The molecule has 1 heterocycles. The maximum atomic E-state index is 11.1. The second-order valence-corrected chi connectivity index (χ2v) is 3.68. The minimum atomic E-state index is -0.271. The standard InChI is InChI=1S/C8H8ClNO2/c9-4-1-2-5-6(3-4)8(12)10-7(5)11/h1-2,4-6H,3H2,(H,10,11,12). The summed E-state index contributed by atoms with van der Waals surface area (Å²) in [6.07, 6.45) is 4.08. The van der Waals surface area contributed by atoms with E-state index in [1.54, 1.807) is 12.2 Å². The molecule has 2 amide bonds. The Kier molecular flexibility index (Phi) is 1.68. The molecule has 0 bridgehead atoms. The molecule has 0 aromatic rings. The maximum absolute atomic E-state index is 11.1. The Balaban J connectivity index is 2.29. The molecule has 12 heavy (non-hydrogen) atoms. The molecule has 4 heteroatoms. The van der Waals surface area contributed by atoms with Gasteiger partial charge >= 0.3 is 0 Å². The van der Waals surface area contributed by atoms with Crippen LogP contribution in [-0.4, -0.2) is 17.2 Å². The van der Waals surface area contributed by atoms with Crippen LogP contribution in [-0.2, 0) is 9.59 Å². The molecule has 0 aromatic heterocycles. The van der Waals surface area contributed by atoms with Crippen LogP contribution in [0.4, 0.5) is 0 Å². The van der Waals surface area contributed by atoms with Gasteiger partial charge in [-0.1, -0.05) is 12.2 Å². The number of alkyl halides is 1. The van der Waals surface area contributed by atoms with Gasteiger partial charge in [0.25, 0.3) is 0 Å². The summed E-state index contributed by atoms with van der Waals surface area (Å²) in [6.45, 7) is 0. The average molecular weight is 186 g/mol. The van der Waals surface area contributed by atoms with E-state index in [4.69, 9.17) is 11.6 Å². The Labute approximate surface area is 74.8 Å². The van der Waals surface area contributed by atoms with Crippen LogP contribution in [0.3, 0.4) is 0 Å². The Bertz CT molecular complexity index is 274. The van der Waals surface area contributed by atoms with Gasteiger partial charge in [-0.05, 0) is 6.42 Å². The lowest BCUT2D eigenvalue weighted by Gasteiger charge is -2.18. The Morgan fingerprint density at radius 1 is 1.33 bits per heavy atom. The second-order valence-electron chi connectivity index (χ2n) is 3.12. The van der Waals surface area contributed by atoms with Crippen LogP contribution in [0.1, 0.15) is 6.42 Å². The third-order valence-electron chi connectivity index (χ3n) is 2.33. The largest absolute Gasteiger partial charge is 0.296 e. The summed E-state index contributed by atoms with van der Waals surface area (Å²) >= 11 is 5.82. The third kappa shape index (κ3) is 1.05. The molecule has 1 N–H and O–H groups in total. The van der Waals surface area contributed by atoms with E-state index in [1.165, 1.54) is 0 Å². The fourth-order valence-electron chi connectivity index (χ4n) is 1.68. The van der Waals surface area contributed by atoms with Gasteiger partial charge in [0.05, 0.1) is 17.2 Å². The highest BCUT2D eigenvalue weighted by Gasteiger charge is 2.42. The van der Waals surface area contributed by atoms with E-state index in [9.17, 15) is 9.59 Å². The molecule has 1 saturated heterocycles. The lowest BCUT2D eigenvalue weighted by molar-refractivity contribution is -0.126. The van der Waals surface area contributed by atoms with E-state index < -0.39 is 0 Å². The van der Waals surface area contributed by atoms with Crippen molar-refractivity contribution in [3.63, 3.8) is 0 Å². The molecule has 0 saturated carbocycles. The van der Waals surface area contributed by atoms with Gasteiger partial charge in [-0.15, -0.1) is 11.6 Å². The van der Waals surface area contributed by atoms with Gasteiger partial charge in [-0.2, -0.15) is 0 Å². The molecule has 0 radical (unpaired) electrons. The van der Waals surface area contributed by atoms with Gasteiger partial charge in [0.1, 0.15) is 0 Å². The summed E-state index contributed by atoms with van der Waals surface area (Å²) in [4.78, 5) is 22.2. The van der Waals surface area contributed by atoms with Crippen molar-refractivity contribution in [2.75, 3.05) is 0 Å². The van der Waals surface area contributed by atoms with Crippen LogP contribution >= 0.6 is 11.6 Å². The second kappa shape index (κ2) is 2.59. The van der Waals surface area contributed by atoms with Crippen LogP contribution in [0, 0.1) is 11.8 Å². The van der Waals surface area contributed by atoms with E-state index in [0.29, 0.717) is 6.42 Å². The highest BCUT2D eigenvalue weighted by Crippen LogP contribution is 2.31. The monoisotopic (exact) mass is 185 g/mol. The molecular weight excluding hydrogens is 178 g/mol. The fourth-order valence-corrected chi connectivity index (χ4v) is 1.96. The summed E-state index contributed by atoms with van der Waals surface area (Å²) < 4.78 is 0. The smallest absolute Gasteiger partial charge is 0.234 e. The maximum Gasteiger partial charge on any atom is 0.234 e. The number of imide groups is 1. The van der Waals surface area contributed by atoms with Crippen LogP contribution in [0.15, 0.2) is 12.2 Å². The van der Waals surface area contributed by atoms with Crippen molar-refractivity contribution in [2.24, 2.45) is 11.8 Å². The average Bonchev–Trinajstić information content (AvgIpc) is 2.28. The molecular formula is C8H8ClNO2. The summed E-state index contributed by atoms with van der Waals surface area (Å²) in [7, 11) is 0. The fraction of sp³-hybridized carbons (Fsp3) is 0.500. The molecule has 1 fully saturated rings. The zero-order chi connectivity index (χ0) is 8.72. The van der Waals surface area contributed by atoms with Crippen LogP contribution in [0.2, 0.25) is 0 Å². The van der Waals surface area contributed by atoms with Gasteiger partial charge in [0.2, 0.25) is 11.8 Å².